The summed E-state index contributed by atoms with van der Waals surface area (Å²) < 4.78 is 0. The topological polar surface area (TPSA) is 0 Å². The zero-order valence-electron chi connectivity index (χ0n) is 9.83. The molecular formula is C15H19Cl. The first-order chi connectivity index (χ1) is 7.79. The Bertz CT molecular complexity index is 342. The van der Waals surface area contributed by atoms with Crippen LogP contribution in [-0.2, 0) is 0 Å². The lowest BCUT2D eigenvalue weighted by Crippen LogP contribution is -2.11. The molecular weight excluding hydrogens is 216 g/mol. The van der Waals surface area contributed by atoms with Gasteiger partial charge < -0.3 is 0 Å². The van der Waals surface area contributed by atoms with Gasteiger partial charge in [-0.15, -0.1) is 0 Å². The Morgan fingerprint density at radius 1 is 1.06 bits per heavy atom. The fourth-order valence-electron chi connectivity index (χ4n) is 2.59. The van der Waals surface area contributed by atoms with Crippen LogP contribution in [0.3, 0.4) is 0 Å². The summed E-state index contributed by atoms with van der Waals surface area (Å²) in [5.41, 5.74) is 4.54. The van der Waals surface area contributed by atoms with Crippen molar-refractivity contribution in [3.63, 3.8) is 0 Å². The van der Waals surface area contributed by atoms with E-state index in [0.29, 0.717) is 5.92 Å². The van der Waals surface area contributed by atoms with Gasteiger partial charge in [-0.25, -0.2) is 0 Å². The molecule has 16 heavy (non-hydrogen) atoms. The van der Waals surface area contributed by atoms with Crippen LogP contribution in [0.15, 0.2) is 35.9 Å². The van der Waals surface area contributed by atoms with E-state index in [-0.39, 0.29) is 0 Å². The average molecular weight is 235 g/mol. The molecule has 86 valence electrons. The van der Waals surface area contributed by atoms with Crippen molar-refractivity contribution in [2.45, 2.75) is 38.5 Å². The molecule has 1 aromatic rings. The van der Waals surface area contributed by atoms with E-state index in [2.05, 4.69) is 37.3 Å². The van der Waals surface area contributed by atoms with Gasteiger partial charge in [0.2, 0.25) is 0 Å². The molecule has 0 spiro atoms. The lowest BCUT2D eigenvalue weighted by atomic mass is 9.79. The smallest absolute Gasteiger partial charge is 0.000525 e. The zero-order chi connectivity index (χ0) is 11.4. The maximum atomic E-state index is 5.63. The van der Waals surface area contributed by atoms with Crippen molar-refractivity contribution in [1.82, 2.24) is 0 Å². The number of allylic oxidation sites excluding steroid dienone is 1. The summed E-state index contributed by atoms with van der Waals surface area (Å²) in [6.45, 7) is 2.14. The normalized spacial score (nSPS) is 26.1. The van der Waals surface area contributed by atoms with Crippen molar-refractivity contribution in [1.29, 1.82) is 0 Å². The van der Waals surface area contributed by atoms with Crippen LogP contribution in [-0.4, -0.2) is 0 Å². The molecule has 0 aliphatic heterocycles. The van der Waals surface area contributed by atoms with Gasteiger partial charge in [0.25, 0.3) is 0 Å². The van der Waals surface area contributed by atoms with Crippen LogP contribution < -0.4 is 0 Å². The summed E-state index contributed by atoms with van der Waals surface area (Å²) in [5, 5.41) is 0. The maximum Gasteiger partial charge on any atom is 0.000525 e. The first kappa shape index (κ1) is 11.7. The third-order valence-electron chi connectivity index (χ3n) is 3.67. The Hall–Kier alpha value is -0.750. The van der Waals surface area contributed by atoms with Crippen molar-refractivity contribution in [2.24, 2.45) is 5.92 Å². The van der Waals surface area contributed by atoms with Gasteiger partial charge >= 0.3 is 0 Å². The molecule has 0 amide bonds. The van der Waals surface area contributed by atoms with Crippen LogP contribution in [0, 0.1) is 12.8 Å². The van der Waals surface area contributed by atoms with Gasteiger partial charge in [0.15, 0.2) is 0 Å². The summed E-state index contributed by atoms with van der Waals surface area (Å²) in [5.74, 6) is 1.47. The summed E-state index contributed by atoms with van der Waals surface area (Å²) in [4.78, 5) is 0. The molecule has 1 saturated carbocycles. The highest BCUT2D eigenvalue weighted by Gasteiger charge is 2.20. The minimum absolute atomic E-state index is 0.708. The molecule has 1 fully saturated rings. The lowest BCUT2D eigenvalue weighted by molar-refractivity contribution is 0.376. The van der Waals surface area contributed by atoms with E-state index >= 15 is 0 Å². The second-order valence-electron chi connectivity index (χ2n) is 4.84. The molecule has 2 rings (SSSR count). The van der Waals surface area contributed by atoms with E-state index in [9.17, 15) is 0 Å². The minimum atomic E-state index is 0.708. The number of rotatable bonds is 2. The number of benzene rings is 1. The van der Waals surface area contributed by atoms with Gasteiger partial charge in [-0.3, -0.25) is 0 Å². The summed E-state index contributed by atoms with van der Waals surface area (Å²) >= 11 is 5.63. The van der Waals surface area contributed by atoms with Gasteiger partial charge in [-0.05, 0) is 50.0 Å². The van der Waals surface area contributed by atoms with E-state index in [0.717, 1.165) is 5.92 Å². The van der Waals surface area contributed by atoms with Crippen molar-refractivity contribution in [2.75, 3.05) is 0 Å². The van der Waals surface area contributed by atoms with Crippen LogP contribution in [0.25, 0.3) is 0 Å². The van der Waals surface area contributed by atoms with Gasteiger partial charge in [0.1, 0.15) is 0 Å². The monoisotopic (exact) mass is 234 g/mol. The third-order valence-corrected chi connectivity index (χ3v) is 3.81. The largest absolute Gasteiger partial charge is 0.0933 e. The quantitative estimate of drug-likeness (QED) is 0.674. The first-order valence-electron chi connectivity index (χ1n) is 6.13. The Labute approximate surface area is 103 Å². The van der Waals surface area contributed by atoms with Crippen LogP contribution >= 0.6 is 11.6 Å². The highest BCUT2D eigenvalue weighted by atomic mass is 35.5. The van der Waals surface area contributed by atoms with E-state index in [1.54, 1.807) is 5.54 Å². The van der Waals surface area contributed by atoms with Gasteiger partial charge in [0, 0.05) is 5.54 Å². The number of hydrogen-bond acceptors (Lipinski definition) is 0. The molecule has 1 aliphatic rings. The van der Waals surface area contributed by atoms with Crippen molar-refractivity contribution in [3.05, 3.63) is 47.0 Å². The van der Waals surface area contributed by atoms with Crippen molar-refractivity contribution >= 4 is 11.6 Å². The van der Waals surface area contributed by atoms with E-state index in [4.69, 9.17) is 11.6 Å². The first-order valence-corrected chi connectivity index (χ1v) is 6.56. The lowest BCUT2D eigenvalue weighted by Gasteiger charge is -2.27. The average Bonchev–Trinajstić information content (AvgIpc) is 2.32. The number of aryl methyl sites for hydroxylation is 1. The molecule has 1 heteroatoms. The number of halogens is 1. The molecule has 0 heterocycles. The van der Waals surface area contributed by atoms with Crippen LogP contribution in [0.5, 0.6) is 0 Å². The zero-order valence-corrected chi connectivity index (χ0v) is 10.6. The van der Waals surface area contributed by atoms with Crippen molar-refractivity contribution < 1.29 is 0 Å². The highest BCUT2D eigenvalue weighted by Crippen LogP contribution is 2.36. The highest BCUT2D eigenvalue weighted by molar-refractivity contribution is 6.25. The maximum absolute atomic E-state index is 5.63. The summed E-state index contributed by atoms with van der Waals surface area (Å²) in [6.07, 6.45) is 7.31. The second-order valence-corrected chi connectivity index (χ2v) is 5.09. The summed E-state index contributed by atoms with van der Waals surface area (Å²) in [7, 11) is 0. The Balaban J connectivity index is 1.96. The molecule has 0 N–H and O–H groups in total. The van der Waals surface area contributed by atoms with Crippen LogP contribution in [0.4, 0.5) is 0 Å². The molecule has 0 unspecified atom stereocenters. The molecule has 0 bridgehead atoms. The fourth-order valence-corrected chi connectivity index (χ4v) is 2.79. The SMILES string of the molecule is Cc1ccc(C2CCC(/C=C/Cl)CC2)cc1. The molecule has 0 saturated heterocycles. The number of hydrogen-bond donors (Lipinski definition) is 0. The van der Waals surface area contributed by atoms with Gasteiger partial charge in [-0.1, -0.05) is 47.5 Å². The standard InChI is InChI=1S/C15H19Cl/c1-12-2-6-14(7-3-12)15-8-4-13(5-9-15)10-11-16/h2-3,6-7,10-11,13,15H,4-5,8-9H2,1H3/b11-10+. The molecule has 0 aromatic heterocycles. The van der Waals surface area contributed by atoms with Crippen LogP contribution in [0.2, 0.25) is 0 Å². The molecule has 0 nitrogen and oxygen atoms in total. The summed E-state index contributed by atoms with van der Waals surface area (Å²) in [6, 6.07) is 9.02. The Morgan fingerprint density at radius 3 is 2.25 bits per heavy atom. The second kappa shape index (κ2) is 5.54. The van der Waals surface area contributed by atoms with Crippen LogP contribution in [0.1, 0.15) is 42.7 Å². The Kier molecular flexibility index (Phi) is 4.06. The van der Waals surface area contributed by atoms with Crippen molar-refractivity contribution in [3.8, 4) is 0 Å². The van der Waals surface area contributed by atoms with E-state index in [1.807, 2.05) is 0 Å². The predicted octanol–water partition coefficient (Wildman–Crippen LogP) is 5.02. The molecule has 0 radical (unpaired) electrons. The fraction of sp³-hybridized carbons (Fsp3) is 0.467. The van der Waals surface area contributed by atoms with E-state index in [1.165, 1.54) is 36.8 Å². The van der Waals surface area contributed by atoms with Gasteiger partial charge in [0.05, 0.1) is 0 Å². The minimum Gasteiger partial charge on any atom is -0.0933 e. The van der Waals surface area contributed by atoms with Gasteiger partial charge in [-0.2, -0.15) is 0 Å². The molecule has 0 atom stereocenters. The molecule has 1 aromatic carbocycles. The molecule has 1 aliphatic carbocycles. The van der Waals surface area contributed by atoms with E-state index < -0.39 is 0 Å². The predicted molar refractivity (Wildman–Crippen MR) is 70.9 cm³/mol. The Morgan fingerprint density at radius 2 is 1.69 bits per heavy atom. The third kappa shape index (κ3) is 2.89.